The molecule has 12 heteroatoms. The molecule has 0 spiro atoms. The number of anilines is 1. The molecule has 3 heterocycles. The summed E-state index contributed by atoms with van der Waals surface area (Å²) in [6, 6.07) is 6.42. The molecule has 3 aromatic rings. The molecule has 0 aliphatic carbocycles. The topological polar surface area (TPSA) is 125 Å². The summed E-state index contributed by atoms with van der Waals surface area (Å²) < 4.78 is 49.1. The highest BCUT2D eigenvalue weighted by atomic mass is 19.3. The maximum absolute atomic E-state index is 13.9. The normalized spacial score (nSPS) is 19.8. The number of nitrogens with zero attached hydrogens (tertiary/aromatic N) is 2. The minimum absolute atomic E-state index is 0.195. The van der Waals surface area contributed by atoms with Crippen LogP contribution in [-0.2, 0) is 16.1 Å². The third-order valence-corrected chi connectivity index (χ3v) is 4.91. The van der Waals surface area contributed by atoms with Crippen LogP contribution in [0.15, 0.2) is 39.7 Å². The zero-order chi connectivity index (χ0) is 23.0. The van der Waals surface area contributed by atoms with Gasteiger partial charge in [0.05, 0.1) is 13.7 Å². The summed E-state index contributed by atoms with van der Waals surface area (Å²) in [5, 5.41) is 12.3. The lowest BCUT2D eigenvalue weighted by Gasteiger charge is -2.21. The fourth-order valence-electron chi connectivity index (χ4n) is 3.31. The number of benzene rings is 1. The van der Waals surface area contributed by atoms with E-state index in [0.29, 0.717) is 21.7 Å². The molecule has 1 fully saturated rings. The monoisotopic (exact) mass is 451 g/mol. The van der Waals surface area contributed by atoms with Crippen molar-refractivity contribution in [2.45, 2.75) is 31.8 Å². The van der Waals surface area contributed by atoms with Crippen LogP contribution >= 0.6 is 0 Å². The lowest BCUT2D eigenvalue weighted by molar-refractivity contribution is -0.140. The highest BCUT2D eigenvalue weighted by molar-refractivity contribution is 5.84. The van der Waals surface area contributed by atoms with Crippen LogP contribution in [0.3, 0.4) is 0 Å². The van der Waals surface area contributed by atoms with Gasteiger partial charge in [0.25, 0.3) is 0 Å². The molecular formula is C20H19F2N3O7. The Bertz CT molecular complexity index is 1220. The zero-order valence-electron chi connectivity index (χ0n) is 17.0. The van der Waals surface area contributed by atoms with Gasteiger partial charge in [0.1, 0.15) is 29.0 Å². The summed E-state index contributed by atoms with van der Waals surface area (Å²) in [6.45, 7) is 1.04. The zero-order valence-corrected chi connectivity index (χ0v) is 17.0. The van der Waals surface area contributed by atoms with Gasteiger partial charge in [0, 0.05) is 11.6 Å². The van der Waals surface area contributed by atoms with E-state index in [-0.39, 0.29) is 12.4 Å². The largest absolute Gasteiger partial charge is 0.497 e. The van der Waals surface area contributed by atoms with Crippen LogP contribution < -0.4 is 15.7 Å². The number of alkyl halides is 2. The molecule has 0 unspecified atom stereocenters. The van der Waals surface area contributed by atoms with Crippen molar-refractivity contribution in [2.75, 3.05) is 19.0 Å². The molecule has 0 bridgehead atoms. The molecule has 1 aliphatic heterocycles. The van der Waals surface area contributed by atoms with Gasteiger partial charge >= 0.3 is 17.7 Å². The molecule has 170 valence electrons. The maximum atomic E-state index is 13.9. The Labute approximate surface area is 179 Å². The third-order valence-electron chi connectivity index (χ3n) is 4.91. The van der Waals surface area contributed by atoms with E-state index >= 15 is 0 Å². The smallest absolute Gasteiger partial charge is 0.413 e. The molecule has 1 aliphatic rings. The Kier molecular flexibility index (Phi) is 5.57. The molecule has 2 N–H and O–H groups in total. The number of hydrogen-bond donors (Lipinski definition) is 2. The Hall–Kier alpha value is -3.51. The van der Waals surface area contributed by atoms with Crippen molar-refractivity contribution in [3.8, 4) is 5.75 Å². The van der Waals surface area contributed by atoms with Gasteiger partial charge in [0.15, 0.2) is 6.61 Å². The van der Waals surface area contributed by atoms with Gasteiger partial charge in [-0.2, -0.15) is 13.8 Å². The number of carbonyl (C=O) groups is 1. The number of aryl methyl sites for hydroxylation is 1. The average Bonchev–Trinajstić information content (AvgIpc) is 3.27. The van der Waals surface area contributed by atoms with Gasteiger partial charge in [-0.05, 0) is 36.8 Å². The number of rotatable bonds is 5. The number of ether oxygens (including phenoxy) is 3. The molecule has 4 rings (SSSR count). The molecule has 2 aromatic heterocycles. The second kappa shape index (κ2) is 8.20. The first-order valence-corrected chi connectivity index (χ1v) is 9.46. The number of nitrogens with one attached hydrogen (secondary N) is 1. The van der Waals surface area contributed by atoms with E-state index in [9.17, 15) is 23.5 Å². The SMILES string of the molecule is COc1cc(C)c2oc(COC(=O)Nc3ccn([C@@H]4OC[C@@H](O)C4(F)F)c(=O)n3)cc2c1. The molecule has 32 heavy (non-hydrogen) atoms. The lowest BCUT2D eigenvalue weighted by atomic mass is 10.1. The van der Waals surface area contributed by atoms with Gasteiger partial charge in [-0.1, -0.05) is 0 Å². The van der Waals surface area contributed by atoms with Crippen LogP contribution in [0.5, 0.6) is 5.75 Å². The number of halogens is 2. The van der Waals surface area contributed by atoms with Gasteiger partial charge in [-0.15, -0.1) is 0 Å². The second-order valence-electron chi connectivity index (χ2n) is 7.16. The number of aliphatic hydroxyl groups is 1. The molecule has 1 amide bonds. The van der Waals surface area contributed by atoms with E-state index in [1.807, 2.05) is 13.0 Å². The van der Waals surface area contributed by atoms with E-state index in [2.05, 4.69) is 10.3 Å². The van der Waals surface area contributed by atoms with Gasteiger partial charge < -0.3 is 23.7 Å². The number of amides is 1. The number of methoxy groups -OCH3 is 1. The number of hydrogen-bond acceptors (Lipinski definition) is 8. The Morgan fingerprint density at radius 2 is 2.19 bits per heavy atom. The minimum Gasteiger partial charge on any atom is -0.497 e. The lowest BCUT2D eigenvalue weighted by Crippen LogP contribution is -2.40. The molecule has 0 radical (unpaired) electrons. The summed E-state index contributed by atoms with van der Waals surface area (Å²) >= 11 is 0. The molecular weight excluding hydrogens is 432 g/mol. The van der Waals surface area contributed by atoms with Crippen LogP contribution in [0, 0.1) is 6.92 Å². The van der Waals surface area contributed by atoms with Gasteiger partial charge in [-0.25, -0.2) is 9.59 Å². The molecule has 1 saturated heterocycles. The summed E-state index contributed by atoms with van der Waals surface area (Å²) in [4.78, 5) is 27.7. The van der Waals surface area contributed by atoms with E-state index in [0.717, 1.165) is 23.2 Å². The van der Waals surface area contributed by atoms with Crippen molar-refractivity contribution in [2.24, 2.45) is 0 Å². The van der Waals surface area contributed by atoms with Crippen LogP contribution in [-0.4, -0.2) is 46.5 Å². The Morgan fingerprint density at radius 1 is 1.41 bits per heavy atom. The molecule has 2 atom stereocenters. The summed E-state index contributed by atoms with van der Waals surface area (Å²) in [5.74, 6) is -2.82. The Morgan fingerprint density at radius 3 is 2.84 bits per heavy atom. The Balaban J connectivity index is 1.40. The quantitative estimate of drug-likeness (QED) is 0.607. The number of aliphatic hydroxyl groups excluding tert-OH is 1. The fourth-order valence-corrected chi connectivity index (χ4v) is 3.31. The second-order valence-corrected chi connectivity index (χ2v) is 7.16. The van der Waals surface area contributed by atoms with Crippen molar-refractivity contribution in [3.05, 3.63) is 52.3 Å². The average molecular weight is 451 g/mol. The predicted molar refractivity (Wildman–Crippen MR) is 106 cm³/mol. The van der Waals surface area contributed by atoms with E-state index in [1.54, 1.807) is 19.2 Å². The molecule has 10 nitrogen and oxygen atoms in total. The molecule has 1 aromatic carbocycles. The van der Waals surface area contributed by atoms with Crippen LogP contribution in [0.4, 0.5) is 19.4 Å². The van der Waals surface area contributed by atoms with E-state index in [1.165, 1.54) is 0 Å². The van der Waals surface area contributed by atoms with Crippen molar-refractivity contribution in [1.29, 1.82) is 0 Å². The third kappa shape index (κ3) is 4.01. The fraction of sp³-hybridized carbons (Fsp3) is 0.350. The highest BCUT2D eigenvalue weighted by Gasteiger charge is 2.54. The van der Waals surface area contributed by atoms with Crippen molar-refractivity contribution >= 4 is 22.9 Å². The minimum atomic E-state index is -3.66. The maximum Gasteiger partial charge on any atom is 0.413 e. The standard InChI is InChI=1S/C20H19F2N3O7/c1-10-5-12(29-2)6-11-7-13(32-16(10)11)8-31-19(28)24-15-3-4-25(18(27)23-15)17-20(21,22)14(26)9-30-17/h3-7,14,17,26H,8-9H2,1-2H3,(H,23,24,27,28)/t14-,17-/m1/s1. The first kappa shape index (κ1) is 21.7. The first-order chi connectivity index (χ1) is 15.2. The number of furan rings is 1. The van der Waals surface area contributed by atoms with Crippen LogP contribution in [0.2, 0.25) is 0 Å². The first-order valence-electron chi connectivity index (χ1n) is 9.46. The molecule has 0 saturated carbocycles. The van der Waals surface area contributed by atoms with Gasteiger partial charge in [-0.3, -0.25) is 9.88 Å². The van der Waals surface area contributed by atoms with E-state index < -0.39 is 36.6 Å². The number of carbonyl (C=O) groups excluding carboxylic acids is 1. The number of fused-ring (bicyclic) bond motifs is 1. The van der Waals surface area contributed by atoms with Crippen LogP contribution in [0.25, 0.3) is 11.0 Å². The van der Waals surface area contributed by atoms with Crippen LogP contribution in [0.1, 0.15) is 17.6 Å². The highest BCUT2D eigenvalue weighted by Crippen LogP contribution is 2.38. The summed E-state index contributed by atoms with van der Waals surface area (Å²) in [5.41, 5.74) is 0.388. The van der Waals surface area contributed by atoms with Crippen molar-refractivity contribution in [1.82, 2.24) is 9.55 Å². The van der Waals surface area contributed by atoms with Crippen molar-refractivity contribution in [3.63, 3.8) is 0 Å². The predicted octanol–water partition coefficient (Wildman–Crippen LogP) is 2.58. The summed E-state index contributed by atoms with van der Waals surface area (Å²) in [7, 11) is 1.55. The van der Waals surface area contributed by atoms with Gasteiger partial charge in [0.2, 0.25) is 6.23 Å². The van der Waals surface area contributed by atoms with Crippen molar-refractivity contribution < 1.29 is 37.3 Å². The number of aromatic nitrogens is 2. The summed E-state index contributed by atoms with van der Waals surface area (Å²) in [6.07, 6.45) is -3.97. The van der Waals surface area contributed by atoms with E-state index in [4.69, 9.17) is 18.6 Å².